The van der Waals surface area contributed by atoms with E-state index in [2.05, 4.69) is 31.9 Å². The molecule has 0 saturated carbocycles. The molecule has 0 aromatic carbocycles. The van der Waals surface area contributed by atoms with Gasteiger partial charge in [-0.1, -0.05) is 31.9 Å². The smallest absolute Gasteiger partial charge is 0.319 e. The maximum Gasteiger partial charge on any atom is 0.319 e. The molecule has 0 spiro atoms. The number of carbonyl (C=O) groups is 2. The molecule has 2 unspecified atom stereocenters. The van der Waals surface area contributed by atoms with Crippen LogP contribution in [0.3, 0.4) is 0 Å². The summed E-state index contributed by atoms with van der Waals surface area (Å²) in [5.41, 5.74) is 0. The number of hydrogen-bond acceptors (Lipinski definition) is 4. The summed E-state index contributed by atoms with van der Waals surface area (Å²) >= 11 is 6.55. The zero-order valence-electron chi connectivity index (χ0n) is 9.37. The van der Waals surface area contributed by atoms with E-state index >= 15 is 0 Å². The number of hydrogen-bond donors (Lipinski definition) is 0. The van der Waals surface area contributed by atoms with E-state index in [1.807, 2.05) is 0 Å². The molecule has 0 saturated heterocycles. The Bertz CT molecular complexity index is 233. The van der Waals surface area contributed by atoms with Crippen molar-refractivity contribution in [1.82, 2.24) is 0 Å². The molecule has 0 aliphatic rings. The Morgan fingerprint density at radius 1 is 1.12 bits per heavy atom. The molecule has 0 aliphatic heterocycles. The van der Waals surface area contributed by atoms with E-state index in [0.29, 0.717) is 19.6 Å². The highest BCUT2D eigenvalue weighted by atomic mass is 79.9. The van der Waals surface area contributed by atoms with E-state index in [-0.39, 0.29) is 23.2 Å². The average Bonchev–Trinajstić information content (AvgIpc) is 2.17. The third-order valence-electron chi connectivity index (χ3n) is 1.70. The second-order valence-electron chi connectivity index (χ2n) is 3.06. The van der Waals surface area contributed by atoms with Gasteiger partial charge in [-0.25, -0.2) is 0 Å². The minimum Gasteiger partial charge on any atom is -0.466 e. The van der Waals surface area contributed by atoms with E-state index in [1.165, 1.54) is 0 Å². The topological polar surface area (TPSA) is 52.6 Å². The Morgan fingerprint density at radius 3 is 2.19 bits per heavy atom. The van der Waals surface area contributed by atoms with Gasteiger partial charge >= 0.3 is 11.9 Å². The molecule has 2 atom stereocenters. The lowest BCUT2D eigenvalue weighted by Gasteiger charge is -2.13. The van der Waals surface area contributed by atoms with Crippen LogP contribution in [0, 0.1) is 0 Å². The number of halogens is 2. The van der Waals surface area contributed by atoms with Gasteiger partial charge in [-0.2, -0.15) is 0 Å². The van der Waals surface area contributed by atoms with Crippen molar-refractivity contribution < 1.29 is 19.1 Å². The summed E-state index contributed by atoms with van der Waals surface area (Å²) in [7, 11) is 0. The van der Waals surface area contributed by atoms with Gasteiger partial charge in [0.25, 0.3) is 0 Å². The minimum atomic E-state index is -0.397. The first kappa shape index (κ1) is 15.9. The molecule has 16 heavy (non-hydrogen) atoms. The normalized spacial score (nSPS) is 14.0. The summed E-state index contributed by atoms with van der Waals surface area (Å²) in [6.07, 6.45) is 0.729. The summed E-state index contributed by atoms with van der Waals surface area (Å²) in [5, 5.41) is 0. The van der Waals surface area contributed by atoms with E-state index in [0.717, 1.165) is 0 Å². The molecular formula is C10H16Br2O4. The summed E-state index contributed by atoms with van der Waals surface area (Å²) in [5.74, 6) is -0.580. The largest absolute Gasteiger partial charge is 0.466 e. The van der Waals surface area contributed by atoms with Crippen LogP contribution in [-0.2, 0) is 19.1 Å². The second kappa shape index (κ2) is 8.98. The summed E-state index contributed by atoms with van der Waals surface area (Å²) in [6.45, 7) is 4.23. The van der Waals surface area contributed by atoms with Gasteiger partial charge in [0.1, 0.15) is 4.83 Å². The van der Waals surface area contributed by atoms with Gasteiger partial charge in [0.05, 0.1) is 19.6 Å². The van der Waals surface area contributed by atoms with Crippen molar-refractivity contribution in [2.24, 2.45) is 0 Å². The van der Waals surface area contributed by atoms with Crippen molar-refractivity contribution in [1.29, 1.82) is 0 Å². The van der Waals surface area contributed by atoms with Crippen LogP contribution in [0.2, 0.25) is 0 Å². The van der Waals surface area contributed by atoms with Gasteiger partial charge in [0, 0.05) is 4.83 Å². The van der Waals surface area contributed by atoms with E-state index in [4.69, 9.17) is 9.47 Å². The van der Waals surface area contributed by atoms with Crippen LogP contribution >= 0.6 is 31.9 Å². The highest BCUT2D eigenvalue weighted by Crippen LogP contribution is 2.19. The van der Waals surface area contributed by atoms with Crippen molar-refractivity contribution in [3.8, 4) is 0 Å². The maximum absolute atomic E-state index is 11.3. The van der Waals surface area contributed by atoms with E-state index < -0.39 is 4.83 Å². The quantitative estimate of drug-likeness (QED) is 0.517. The number of esters is 2. The summed E-state index contributed by atoms with van der Waals surface area (Å²) in [6, 6.07) is 0. The maximum atomic E-state index is 11.3. The first-order valence-corrected chi connectivity index (χ1v) is 6.94. The molecule has 0 aliphatic carbocycles. The Balaban J connectivity index is 3.90. The molecule has 0 heterocycles. The lowest BCUT2D eigenvalue weighted by atomic mass is 10.2. The van der Waals surface area contributed by atoms with Crippen LogP contribution in [0.5, 0.6) is 0 Å². The van der Waals surface area contributed by atoms with E-state index in [1.54, 1.807) is 13.8 Å². The lowest BCUT2D eigenvalue weighted by molar-refractivity contribution is -0.144. The van der Waals surface area contributed by atoms with Crippen LogP contribution in [0.4, 0.5) is 0 Å². The van der Waals surface area contributed by atoms with Crippen molar-refractivity contribution >= 4 is 43.8 Å². The predicted octanol–water partition coefficient (Wildman–Crippen LogP) is 2.42. The lowest BCUT2D eigenvalue weighted by Crippen LogP contribution is -2.22. The predicted molar refractivity (Wildman–Crippen MR) is 67.9 cm³/mol. The van der Waals surface area contributed by atoms with Crippen molar-refractivity contribution in [2.45, 2.75) is 36.3 Å². The van der Waals surface area contributed by atoms with Crippen LogP contribution in [0.15, 0.2) is 0 Å². The minimum absolute atomic E-state index is 0.0969. The third-order valence-corrected chi connectivity index (χ3v) is 3.14. The Hall–Kier alpha value is -0.100. The molecule has 0 fully saturated rings. The number of rotatable bonds is 7. The molecule has 0 radical (unpaired) electrons. The van der Waals surface area contributed by atoms with Gasteiger partial charge < -0.3 is 9.47 Å². The molecule has 0 amide bonds. The molecule has 6 heteroatoms. The molecule has 94 valence electrons. The Morgan fingerprint density at radius 2 is 1.69 bits per heavy atom. The molecular weight excluding hydrogens is 344 g/mol. The van der Waals surface area contributed by atoms with Gasteiger partial charge in [-0.15, -0.1) is 0 Å². The average molecular weight is 360 g/mol. The molecule has 4 nitrogen and oxygen atoms in total. The van der Waals surface area contributed by atoms with Gasteiger partial charge in [-0.05, 0) is 20.3 Å². The van der Waals surface area contributed by atoms with Crippen LogP contribution < -0.4 is 0 Å². The fourth-order valence-electron chi connectivity index (χ4n) is 1.04. The monoisotopic (exact) mass is 358 g/mol. The molecule has 0 bridgehead atoms. The van der Waals surface area contributed by atoms with Crippen LogP contribution in [0.1, 0.15) is 26.7 Å². The summed E-state index contributed by atoms with van der Waals surface area (Å²) < 4.78 is 9.64. The fourth-order valence-corrected chi connectivity index (χ4v) is 2.76. The first-order valence-electron chi connectivity index (χ1n) is 5.11. The molecule has 0 N–H and O–H groups in total. The first-order chi connectivity index (χ1) is 7.51. The number of carbonyl (C=O) groups excluding carboxylic acids is 2. The van der Waals surface area contributed by atoms with Gasteiger partial charge in [0.2, 0.25) is 0 Å². The molecule has 0 aromatic rings. The van der Waals surface area contributed by atoms with Gasteiger partial charge in [0.15, 0.2) is 0 Å². The van der Waals surface area contributed by atoms with Crippen LogP contribution in [-0.4, -0.2) is 34.8 Å². The van der Waals surface area contributed by atoms with Gasteiger partial charge in [-0.3, -0.25) is 9.59 Å². The fraction of sp³-hybridized carbons (Fsp3) is 0.800. The summed E-state index contributed by atoms with van der Waals surface area (Å²) in [4.78, 5) is 21.9. The van der Waals surface area contributed by atoms with Crippen LogP contribution in [0.25, 0.3) is 0 Å². The highest BCUT2D eigenvalue weighted by Gasteiger charge is 2.21. The molecule has 0 rings (SSSR count). The third kappa shape index (κ3) is 7.22. The Labute approximate surface area is 112 Å². The molecule has 0 aromatic heterocycles. The van der Waals surface area contributed by atoms with E-state index in [9.17, 15) is 9.59 Å². The Kier molecular flexibility index (Phi) is 8.93. The number of ether oxygens (including phenoxy) is 2. The standard InChI is InChI=1S/C10H16Br2O4/c1-3-15-9(13)6-7(11)5-8(12)10(14)16-4-2/h7-8H,3-6H2,1-2H3. The van der Waals surface area contributed by atoms with Crippen molar-refractivity contribution in [3.05, 3.63) is 0 Å². The van der Waals surface area contributed by atoms with Crippen molar-refractivity contribution in [2.75, 3.05) is 13.2 Å². The zero-order valence-corrected chi connectivity index (χ0v) is 12.5. The highest BCUT2D eigenvalue weighted by molar-refractivity contribution is 9.10. The SMILES string of the molecule is CCOC(=O)CC(Br)CC(Br)C(=O)OCC. The van der Waals surface area contributed by atoms with Crippen molar-refractivity contribution in [3.63, 3.8) is 0 Å². The second-order valence-corrected chi connectivity index (χ2v) is 5.46. The zero-order chi connectivity index (χ0) is 12.6. The number of alkyl halides is 2.